The summed E-state index contributed by atoms with van der Waals surface area (Å²) in [5, 5.41) is 20.5. The molecule has 9 heteroatoms. The first kappa shape index (κ1) is 21.2. The maximum atomic E-state index is 13.5. The molecule has 34 heavy (non-hydrogen) atoms. The lowest BCUT2D eigenvalue weighted by molar-refractivity contribution is -0.113. The zero-order valence-corrected chi connectivity index (χ0v) is 18.6. The molecule has 0 bridgehead atoms. The summed E-state index contributed by atoms with van der Waals surface area (Å²) in [6.45, 7) is 1.84. The van der Waals surface area contributed by atoms with Crippen molar-refractivity contribution in [3.05, 3.63) is 89.9 Å². The van der Waals surface area contributed by atoms with Gasteiger partial charge in [-0.05, 0) is 61.0 Å². The van der Waals surface area contributed by atoms with Gasteiger partial charge in [-0.1, -0.05) is 12.1 Å². The summed E-state index contributed by atoms with van der Waals surface area (Å²) < 4.78 is 7.12. The minimum Gasteiger partial charge on any atom is -0.508 e. The van der Waals surface area contributed by atoms with Crippen LogP contribution >= 0.6 is 0 Å². The molecule has 0 spiro atoms. The van der Waals surface area contributed by atoms with Crippen molar-refractivity contribution in [2.75, 3.05) is 17.7 Å². The number of aromatic nitrogens is 4. The molecule has 5 rings (SSSR count). The number of anilines is 2. The fraction of sp³-hybridized carbons (Fsp3) is 0.120. The predicted octanol–water partition coefficient (Wildman–Crippen LogP) is 3.98. The summed E-state index contributed by atoms with van der Waals surface area (Å²) in [6.07, 6.45) is 3.24. The maximum Gasteiger partial charge on any atom is 0.255 e. The lowest BCUT2D eigenvalue weighted by Crippen LogP contribution is -2.31. The Labute approximate surface area is 195 Å². The number of methoxy groups -OCH3 is 1. The second-order valence-corrected chi connectivity index (χ2v) is 7.79. The molecule has 2 aromatic carbocycles. The fourth-order valence-electron chi connectivity index (χ4n) is 3.93. The van der Waals surface area contributed by atoms with Crippen molar-refractivity contribution < 1.29 is 14.6 Å². The van der Waals surface area contributed by atoms with Crippen molar-refractivity contribution in [1.82, 2.24) is 19.7 Å². The molecule has 1 atom stereocenters. The summed E-state index contributed by atoms with van der Waals surface area (Å²) in [4.78, 5) is 22.2. The summed E-state index contributed by atoms with van der Waals surface area (Å²) in [5.41, 5.74) is 3.30. The first-order valence-corrected chi connectivity index (χ1v) is 10.6. The van der Waals surface area contributed by atoms with Gasteiger partial charge in [0.25, 0.3) is 5.91 Å². The highest BCUT2D eigenvalue weighted by atomic mass is 16.5. The Morgan fingerprint density at radius 3 is 2.71 bits per heavy atom. The monoisotopic (exact) mass is 454 g/mol. The molecule has 0 fully saturated rings. The van der Waals surface area contributed by atoms with Gasteiger partial charge in [0.1, 0.15) is 17.5 Å². The molecule has 4 aromatic rings. The average Bonchev–Trinajstić information content (AvgIpc) is 3.27. The SMILES string of the molecule is COc1cccc(C2C(C(=O)Nc3cccnc3)=C(C)Nc3nc(-c4ccc(O)cc4)nn32)c1. The van der Waals surface area contributed by atoms with Crippen LogP contribution < -0.4 is 15.4 Å². The Morgan fingerprint density at radius 1 is 1.15 bits per heavy atom. The number of rotatable bonds is 5. The van der Waals surface area contributed by atoms with Gasteiger partial charge < -0.3 is 20.5 Å². The van der Waals surface area contributed by atoms with Crippen LogP contribution in [0.25, 0.3) is 11.4 Å². The van der Waals surface area contributed by atoms with Crippen LogP contribution in [0.1, 0.15) is 18.5 Å². The van der Waals surface area contributed by atoms with Gasteiger partial charge in [0, 0.05) is 17.5 Å². The van der Waals surface area contributed by atoms with Crippen molar-refractivity contribution in [2.45, 2.75) is 13.0 Å². The average molecular weight is 454 g/mol. The van der Waals surface area contributed by atoms with Crippen molar-refractivity contribution in [2.24, 2.45) is 0 Å². The summed E-state index contributed by atoms with van der Waals surface area (Å²) >= 11 is 0. The maximum absolute atomic E-state index is 13.5. The molecule has 0 radical (unpaired) electrons. The number of fused-ring (bicyclic) bond motifs is 1. The van der Waals surface area contributed by atoms with Gasteiger partial charge in [0.15, 0.2) is 5.82 Å². The lowest BCUT2D eigenvalue weighted by atomic mass is 9.95. The van der Waals surface area contributed by atoms with Crippen LogP contribution in [0.2, 0.25) is 0 Å². The fourth-order valence-corrected chi connectivity index (χ4v) is 3.93. The second-order valence-electron chi connectivity index (χ2n) is 7.79. The number of nitrogens with zero attached hydrogens (tertiary/aromatic N) is 4. The quantitative estimate of drug-likeness (QED) is 0.418. The minimum absolute atomic E-state index is 0.159. The number of hydrogen-bond donors (Lipinski definition) is 3. The second kappa shape index (κ2) is 8.70. The van der Waals surface area contributed by atoms with Crippen LogP contribution in [0.15, 0.2) is 84.3 Å². The van der Waals surface area contributed by atoms with E-state index in [1.165, 1.54) is 0 Å². The van der Waals surface area contributed by atoms with Crippen LogP contribution in [0, 0.1) is 0 Å². The zero-order valence-electron chi connectivity index (χ0n) is 18.6. The molecule has 1 amide bonds. The van der Waals surface area contributed by atoms with E-state index in [2.05, 4.69) is 20.6 Å². The van der Waals surface area contributed by atoms with E-state index >= 15 is 0 Å². The summed E-state index contributed by atoms with van der Waals surface area (Å²) in [7, 11) is 1.60. The number of amides is 1. The standard InChI is InChI=1S/C25H22N6O3/c1-15-21(24(33)28-18-6-4-12-26-14-18)22(17-5-3-7-20(13-17)34-2)31-25(27-15)29-23(30-31)16-8-10-19(32)11-9-16/h3-14,22,32H,1-2H3,(H,28,33)(H,27,29,30). The molecule has 0 aliphatic carbocycles. The van der Waals surface area contributed by atoms with Crippen LogP contribution in [0.4, 0.5) is 11.6 Å². The number of carbonyl (C=O) groups excluding carboxylic acids is 1. The Balaban J connectivity index is 1.61. The number of pyridine rings is 1. The van der Waals surface area contributed by atoms with E-state index in [-0.39, 0.29) is 11.7 Å². The smallest absolute Gasteiger partial charge is 0.255 e. The molecule has 2 aromatic heterocycles. The van der Waals surface area contributed by atoms with E-state index in [4.69, 9.17) is 9.84 Å². The molecule has 1 aliphatic rings. The molecule has 3 heterocycles. The van der Waals surface area contributed by atoms with Crippen molar-refractivity contribution in [3.8, 4) is 22.9 Å². The van der Waals surface area contributed by atoms with E-state index in [0.29, 0.717) is 34.5 Å². The summed E-state index contributed by atoms with van der Waals surface area (Å²) in [6, 6.07) is 17.2. The molecule has 3 N–H and O–H groups in total. The molecule has 1 unspecified atom stereocenters. The van der Waals surface area contributed by atoms with E-state index in [1.807, 2.05) is 31.2 Å². The van der Waals surface area contributed by atoms with Crippen molar-refractivity contribution in [1.29, 1.82) is 0 Å². The number of phenols is 1. The molecular weight excluding hydrogens is 432 g/mol. The highest BCUT2D eigenvalue weighted by Crippen LogP contribution is 2.37. The largest absolute Gasteiger partial charge is 0.508 e. The number of phenolic OH excluding ortho intramolecular Hbond substituents is 1. The Morgan fingerprint density at radius 2 is 1.97 bits per heavy atom. The van der Waals surface area contributed by atoms with E-state index < -0.39 is 6.04 Å². The molecule has 1 aliphatic heterocycles. The van der Waals surface area contributed by atoms with Crippen LogP contribution in [0.3, 0.4) is 0 Å². The third-order valence-electron chi connectivity index (χ3n) is 5.55. The van der Waals surface area contributed by atoms with E-state index in [0.717, 1.165) is 11.1 Å². The lowest BCUT2D eigenvalue weighted by Gasteiger charge is -2.28. The topological polar surface area (TPSA) is 114 Å². The van der Waals surface area contributed by atoms with E-state index in [9.17, 15) is 9.90 Å². The molecule has 170 valence electrons. The Bertz CT molecular complexity index is 1380. The zero-order chi connectivity index (χ0) is 23.7. The first-order chi connectivity index (χ1) is 16.5. The Hall–Kier alpha value is -4.66. The number of allylic oxidation sites excluding steroid dienone is 1. The van der Waals surface area contributed by atoms with Crippen LogP contribution in [-0.4, -0.2) is 37.9 Å². The van der Waals surface area contributed by atoms with Crippen molar-refractivity contribution in [3.63, 3.8) is 0 Å². The van der Waals surface area contributed by atoms with Gasteiger partial charge in [-0.3, -0.25) is 9.78 Å². The van der Waals surface area contributed by atoms with Gasteiger partial charge in [-0.2, -0.15) is 4.98 Å². The third kappa shape index (κ3) is 3.95. The van der Waals surface area contributed by atoms with Gasteiger partial charge >= 0.3 is 0 Å². The normalized spacial score (nSPS) is 14.8. The van der Waals surface area contributed by atoms with Crippen molar-refractivity contribution >= 4 is 17.5 Å². The number of carbonyl (C=O) groups is 1. The highest BCUT2D eigenvalue weighted by molar-refractivity contribution is 6.06. The third-order valence-corrected chi connectivity index (χ3v) is 5.55. The van der Waals surface area contributed by atoms with Crippen LogP contribution in [-0.2, 0) is 4.79 Å². The molecule has 9 nitrogen and oxygen atoms in total. The molecular formula is C25H22N6O3. The highest BCUT2D eigenvalue weighted by Gasteiger charge is 2.34. The van der Waals surface area contributed by atoms with Gasteiger partial charge in [-0.15, -0.1) is 5.10 Å². The minimum atomic E-state index is -0.554. The van der Waals surface area contributed by atoms with Gasteiger partial charge in [0.05, 0.1) is 24.6 Å². The first-order valence-electron chi connectivity index (χ1n) is 10.6. The van der Waals surface area contributed by atoms with Gasteiger partial charge in [-0.25, -0.2) is 4.68 Å². The molecule has 0 saturated carbocycles. The van der Waals surface area contributed by atoms with Gasteiger partial charge in [0.2, 0.25) is 5.95 Å². The number of nitrogens with one attached hydrogen (secondary N) is 2. The number of benzene rings is 2. The number of aromatic hydroxyl groups is 1. The predicted molar refractivity (Wildman–Crippen MR) is 127 cm³/mol. The van der Waals surface area contributed by atoms with E-state index in [1.54, 1.807) is 60.6 Å². The Kier molecular flexibility index (Phi) is 5.43. The number of ether oxygens (including phenoxy) is 1. The molecule has 0 saturated heterocycles. The number of hydrogen-bond acceptors (Lipinski definition) is 7. The summed E-state index contributed by atoms with van der Waals surface area (Å²) in [5.74, 6) is 1.52. The van der Waals surface area contributed by atoms with Crippen LogP contribution in [0.5, 0.6) is 11.5 Å².